The number of nitrogens with zero attached hydrogens (tertiary/aromatic N) is 27. The van der Waals surface area contributed by atoms with Crippen molar-refractivity contribution in [3.05, 3.63) is 438 Å². The minimum absolute atomic E-state index is 0.228. The highest BCUT2D eigenvalue weighted by atomic mass is 16.5. The maximum Gasteiger partial charge on any atom is 0.368 e. The number of ether oxygens (including phenoxy) is 5. The van der Waals surface area contributed by atoms with Gasteiger partial charge in [0.2, 0.25) is 29.4 Å². The smallest absolute Gasteiger partial charge is 0.368 e. The van der Waals surface area contributed by atoms with Crippen molar-refractivity contribution >= 4 is 5.69 Å². The molecule has 0 N–H and O–H groups in total. The van der Waals surface area contributed by atoms with E-state index in [2.05, 4.69) is 180 Å². The normalized spacial score (nSPS) is 10.9. The Hall–Kier alpha value is -19.3. The van der Waals surface area contributed by atoms with Gasteiger partial charge in [0.25, 0.3) is 0 Å². The Morgan fingerprint density at radius 1 is 0.240 bits per heavy atom. The molecular formula is C113H109N27O10. The van der Waals surface area contributed by atoms with E-state index in [1.807, 2.05) is 239 Å². The Kier molecular flexibility index (Phi) is 32.2. The van der Waals surface area contributed by atoms with Crippen molar-refractivity contribution in [3.8, 4) is 113 Å². The fourth-order valence-electron chi connectivity index (χ4n) is 16.5. The maximum absolute atomic E-state index is 12.3. The van der Waals surface area contributed by atoms with Crippen LogP contribution in [0.3, 0.4) is 0 Å². The minimum Gasteiger partial charge on any atom is -0.473 e. The van der Waals surface area contributed by atoms with Gasteiger partial charge in [-0.15, -0.1) is 0 Å². The fraction of sp³-hybridized carbons (Fsp3) is 0.204. The van der Waals surface area contributed by atoms with Crippen molar-refractivity contribution in [2.24, 2.45) is 35.2 Å². The summed E-state index contributed by atoms with van der Waals surface area (Å²) in [5.41, 5.74) is 30.1. The Labute approximate surface area is 863 Å². The van der Waals surface area contributed by atoms with Crippen molar-refractivity contribution in [2.45, 2.75) is 123 Å². The molecule has 0 aliphatic heterocycles. The van der Waals surface area contributed by atoms with Crippen LogP contribution in [-0.2, 0) is 68.3 Å². The summed E-state index contributed by atoms with van der Waals surface area (Å²) in [4.78, 5) is 91.7. The first-order chi connectivity index (χ1) is 72.3. The fourth-order valence-corrected chi connectivity index (χ4v) is 16.5. The summed E-state index contributed by atoms with van der Waals surface area (Å²) in [5, 5.41) is 38.8. The van der Waals surface area contributed by atoms with E-state index in [9.17, 15) is 24.0 Å². The summed E-state index contributed by atoms with van der Waals surface area (Å²) < 4.78 is 42.5. The van der Waals surface area contributed by atoms with Gasteiger partial charge in [-0.25, -0.2) is 53.7 Å². The van der Waals surface area contributed by atoms with E-state index in [-0.39, 0.29) is 61.5 Å². The standard InChI is InChI=1S/C23H20N6O2.3C23H23N5O2.C21H20N6O2/c1-15-7-5-10-21(29-23(30)28(4)26-27-29)20(15)14-31-22-16(2)11-18(13-25-22)17-8-6-9-19(12-17)24-3;1-15-7-5-9-18(11-15)19-12-17(3)22(24-13-19)30-14-20-16(2)8-6-10-21(20)28-23(29)27(4)25-26-28;1-15-8-5-6-10-19(15)18-12-17(3)22(24-13-18)30-14-20-16(2)9-7-11-21(20)28-23(29)27(4)25-26-28;1-15-8-10-18(11-9-15)19-12-17(3)22(24-13-19)30-14-20-16(2)6-5-7-21(20)28-23(29)27(4)25-26-28;1-14-6-4-8-19(27-21(28)26(3)24-25-27)18(14)13-29-20-15(2)10-17(12-23-20)16-7-5-9-22-11-16/h5-13H,14H2,1-2,4H3;3*5-13H,14H2,1-4H3;4-12H,13H2,1-3H3. The molecular weight excluding hydrogens is 1900 g/mol. The second-order valence-electron chi connectivity index (χ2n) is 36.0. The van der Waals surface area contributed by atoms with Crippen LogP contribution in [-0.4, -0.2) is 129 Å². The monoisotopic (exact) mass is 2000 g/mol. The van der Waals surface area contributed by atoms with Crippen LogP contribution in [0.25, 0.3) is 88.9 Å². The molecule has 756 valence electrons. The molecule has 37 heteroatoms. The quantitative estimate of drug-likeness (QED) is 0.0480. The zero-order valence-corrected chi connectivity index (χ0v) is 86.2. The molecule has 0 amide bonds. The lowest BCUT2D eigenvalue weighted by Gasteiger charge is -2.14. The van der Waals surface area contributed by atoms with Gasteiger partial charge in [-0.05, 0) is 276 Å². The average Bonchev–Trinajstić information content (AvgIpc) is 1.64. The van der Waals surface area contributed by atoms with Crippen LogP contribution in [0.1, 0.15) is 100 Å². The molecule has 150 heavy (non-hydrogen) atoms. The molecule has 20 rings (SSSR count). The SMILES string of the molecule is Cc1cc(-c2cccnc2)cnc1OCc1c(C)cccc1-n1nnn(C)c1=O.Cc1ccc(-c2cnc(OCc3c(C)cccc3-n3nnn(C)c3=O)c(C)c2)cc1.Cc1cccc(-c2cnc(OCc3c(C)cccc3-n3nnn(C)c3=O)c(C)c2)c1.Cc1ccccc1-c1cnc(OCc2c(C)cccc2-n2nnn(C)c2=O)c(C)c1.[C-]#[N+]c1cccc(-c2cnc(OCc3c(C)cccc3-n3nnn(C)c3=O)c(C)c2)c1. The molecule has 0 atom stereocenters. The molecule has 0 aliphatic carbocycles. The molecule has 11 heterocycles. The summed E-state index contributed by atoms with van der Waals surface area (Å²) >= 11 is 0. The van der Waals surface area contributed by atoms with Crippen molar-refractivity contribution in [1.29, 1.82) is 0 Å². The number of tetrazole rings is 5. The van der Waals surface area contributed by atoms with Gasteiger partial charge in [0.1, 0.15) is 33.0 Å². The van der Waals surface area contributed by atoms with Gasteiger partial charge >= 0.3 is 28.4 Å². The maximum atomic E-state index is 12.3. The van der Waals surface area contributed by atoms with E-state index in [1.165, 1.54) is 63.5 Å². The molecule has 9 aromatic carbocycles. The van der Waals surface area contributed by atoms with Crippen LogP contribution in [0.15, 0.2) is 298 Å². The predicted octanol–water partition coefficient (Wildman–Crippen LogP) is 17.0. The van der Waals surface area contributed by atoms with Crippen LogP contribution in [0.4, 0.5) is 5.69 Å². The highest BCUT2D eigenvalue weighted by Gasteiger charge is 2.24. The first-order valence-corrected chi connectivity index (χ1v) is 47.8. The summed E-state index contributed by atoms with van der Waals surface area (Å²) in [7, 11) is 7.83. The molecule has 0 radical (unpaired) electrons. The number of benzene rings is 9. The third-order valence-corrected chi connectivity index (χ3v) is 25.1. The molecule has 37 nitrogen and oxygen atoms in total. The number of pyridine rings is 6. The zero-order chi connectivity index (χ0) is 106. The minimum atomic E-state index is -0.327. The Balaban J connectivity index is 0.000000133. The van der Waals surface area contributed by atoms with Gasteiger partial charge in [-0.1, -0.05) is 169 Å². The van der Waals surface area contributed by atoms with E-state index in [4.69, 9.17) is 30.3 Å². The van der Waals surface area contributed by atoms with Crippen LogP contribution in [0.2, 0.25) is 0 Å². The summed E-state index contributed by atoms with van der Waals surface area (Å²) in [6.07, 6.45) is 12.5. The van der Waals surface area contributed by atoms with Gasteiger partial charge in [0, 0.05) is 162 Å². The predicted molar refractivity (Wildman–Crippen MR) is 569 cm³/mol. The number of aromatic nitrogens is 26. The van der Waals surface area contributed by atoms with E-state index in [0.717, 1.165) is 139 Å². The van der Waals surface area contributed by atoms with Gasteiger partial charge < -0.3 is 23.7 Å². The van der Waals surface area contributed by atoms with Gasteiger partial charge in [-0.3, -0.25) is 4.98 Å². The lowest BCUT2D eigenvalue weighted by molar-refractivity contribution is 0.290. The first-order valence-electron chi connectivity index (χ1n) is 47.8. The molecule has 0 aliphatic rings. The first kappa shape index (κ1) is 104. The van der Waals surface area contributed by atoms with Crippen LogP contribution < -0.4 is 52.1 Å². The average molecular weight is 2010 g/mol. The highest BCUT2D eigenvalue weighted by Crippen LogP contribution is 2.35. The molecule has 20 aromatic rings. The number of hydrogen-bond donors (Lipinski definition) is 0. The number of hydrogen-bond acceptors (Lipinski definition) is 26. The van der Waals surface area contributed by atoms with E-state index < -0.39 is 0 Å². The van der Waals surface area contributed by atoms with Crippen LogP contribution in [0, 0.1) is 96.6 Å². The molecule has 0 saturated carbocycles. The molecule has 11 aromatic heterocycles. The number of aryl methyl sites for hydroxylation is 18. The van der Waals surface area contributed by atoms with Gasteiger partial charge in [-0.2, -0.15) is 46.8 Å². The molecule has 0 fully saturated rings. The number of rotatable bonds is 25. The lowest BCUT2D eigenvalue weighted by Crippen LogP contribution is -2.23. The third-order valence-electron chi connectivity index (χ3n) is 25.1. The molecule has 0 unspecified atom stereocenters. The topological polar surface area (TPSA) is 391 Å². The molecule has 0 bridgehead atoms. The van der Waals surface area contributed by atoms with Crippen molar-refractivity contribution in [3.63, 3.8) is 0 Å². The van der Waals surface area contributed by atoms with Crippen molar-refractivity contribution < 1.29 is 23.7 Å². The van der Waals surface area contributed by atoms with Gasteiger partial charge in [0.15, 0.2) is 5.69 Å². The van der Waals surface area contributed by atoms with Gasteiger partial charge in [0.05, 0.1) is 35.0 Å². The Morgan fingerprint density at radius 2 is 0.520 bits per heavy atom. The lowest BCUT2D eigenvalue weighted by atomic mass is 10.0. The summed E-state index contributed by atoms with van der Waals surface area (Å²) in [5.74, 6) is 2.73. The van der Waals surface area contributed by atoms with E-state index in [0.29, 0.717) is 63.5 Å². The Morgan fingerprint density at radius 3 is 0.813 bits per heavy atom. The van der Waals surface area contributed by atoms with Crippen molar-refractivity contribution in [2.75, 3.05) is 0 Å². The van der Waals surface area contributed by atoms with Crippen LogP contribution in [0.5, 0.6) is 29.4 Å². The molecule has 0 saturated heterocycles. The zero-order valence-electron chi connectivity index (χ0n) is 86.2. The summed E-state index contributed by atoms with van der Waals surface area (Å²) in [6.45, 7) is 34.4. The second kappa shape index (κ2) is 46.6. The summed E-state index contributed by atoms with van der Waals surface area (Å²) in [6, 6.07) is 74.8. The highest BCUT2D eigenvalue weighted by molar-refractivity contribution is 5.71. The van der Waals surface area contributed by atoms with E-state index in [1.54, 1.807) is 66.1 Å². The Bertz CT molecular complexity index is 8700. The third kappa shape index (κ3) is 23.8. The molecule has 0 spiro atoms. The van der Waals surface area contributed by atoms with Crippen molar-refractivity contribution in [1.82, 2.24) is 129 Å². The largest absolute Gasteiger partial charge is 0.473 e. The van der Waals surface area contributed by atoms with E-state index >= 15 is 0 Å². The second-order valence-corrected chi connectivity index (χ2v) is 36.0. The van der Waals surface area contributed by atoms with Crippen LogP contribution >= 0.6 is 0 Å².